The summed E-state index contributed by atoms with van der Waals surface area (Å²) >= 11 is 0. The maximum absolute atomic E-state index is 12.4. The number of para-hydroxylation sites is 1. The second kappa shape index (κ2) is 6.43. The molecule has 1 unspecified atom stereocenters. The van der Waals surface area contributed by atoms with Crippen molar-refractivity contribution in [2.24, 2.45) is 5.92 Å². The number of hydrogen-bond acceptors (Lipinski definition) is 4. The fourth-order valence-corrected chi connectivity index (χ4v) is 2.73. The van der Waals surface area contributed by atoms with Crippen LogP contribution in [0.2, 0.25) is 0 Å². The topological polar surface area (TPSA) is 78.1 Å². The van der Waals surface area contributed by atoms with Gasteiger partial charge in [-0.2, -0.15) is 5.10 Å². The van der Waals surface area contributed by atoms with Gasteiger partial charge >= 0.3 is 0 Å². The van der Waals surface area contributed by atoms with E-state index in [-0.39, 0.29) is 17.4 Å². The largest absolute Gasteiger partial charge is 0.369 e. The average molecular weight is 298 g/mol. The Labute approximate surface area is 128 Å². The summed E-state index contributed by atoms with van der Waals surface area (Å²) in [4.78, 5) is 25.8. The molecule has 0 bridgehead atoms. The Balaban J connectivity index is 1.67. The highest BCUT2D eigenvalue weighted by atomic mass is 16.2. The zero-order chi connectivity index (χ0) is 15.4. The summed E-state index contributed by atoms with van der Waals surface area (Å²) in [7, 11) is 0. The lowest BCUT2D eigenvalue weighted by Gasteiger charge is -2.33. The summed E-state index contributed by atoms with van der Waals surface area (Å²) in [6.45, 7) is 1.43. The molecule has 3 rings (SSSR count). The third-order valence-corrected chi connectivity index (χ3v) is 3.85. The Morgan fingerprint density at radius 3 is 2.91 bits per heavy atom. The molecule has 1 aliphatic rings. The van der Waals surface area contributed by atoms with Crippen molar-refractivity contribution >= 4 is 17.3 Å². The average Bonchev–Trinajstić information content (AvgIpc) is 2.56. The molecule has 1 aromatic heterocycles. The summed E-state index contributed by atoms with van der Waals surface area (Å²) < 4.78 is 0. The molecule has 2 heterocycles. The van der Waals surface area contributed by atoms with Crippen molar-refractivity contribution in [2.45, 2.75) is 12.8 Å². The Morgan fingerprint density at radius 1 is 1.32 bits per heavy atom. The highest BCUT2D eigenvalue weighted by molar-refractivity contribution is 5.93. The van der Waals surface area contributed by atoms with Gasteiger partial charge in [-0.15, -0.1) is 0 Å². The molecular formula is C16H18N4O2. The molecule has 114 valence electrons. The lowest BCUT2D eigenvalue weighted by atomic mass is 9.96. The summed E-state index contributed by atoms with van der Waals surface area (Å²) in [5.41, 5.74) is 1.34. The molecule has 1 saturated heterocycles. The lowest BCUT2D eigenvalue weighted by molar-refractivity contribution is -0.120. The number of rotatable bonds is 3. The normalized spacial score (nSPS) is 18.0. The van der Waals surface area contributed by atoms with Crippen LogP contribution in [0.4, 0.5) is 11.4 Å². The van der Waals surface area contributed by atoms with E-state index in [9.17, 15) is 9.59 Å². The zero-order valence-corrected chi connectivity index (χ0v) is 12.2. The van der Waals surface area contributed by atoms with Crippen LogP contribution in [0.25, 0.3) is 0 Å². The van der Waals surface area contributed by atoms with Gasteiger partial charge in [0.15, 0.2) is 0 Å². The molecule has 1 aliphatic heterocycles. The molecule has 1 atom stereocenters. The number of H-pyrrole nitrogens is 1. The van der Waals surface area contributed by atoms with E-state index in [0.717, 1.165) is 30.8 Å². The molecule has 1 aromatic carbocycles. The molecule has 0 saturated carbocycles. The zero-order valence-electron chi connectivity index (χ0n) is 12.2. The minimum absolute atomic E-state index is 0.0219. The van der Waals surface area contributed by atoms with Gasteiger partial charge in [0, 0.05) is 24.8 Å². The smallest absolute Gasteiger partial charge is 0.266 e. The van der Waals surface area contributed by atoms with Gasteiger partial charge in [-0.25, -0.2) is 5.10 Å². The quantitative estimate of drug-likeness (QED) is 0.902. The van der Waals surface area contributed by atoms with Crippen LogP contribution < -0.4 is 15.8 Å². The molecule has 0 aliphatic carbocycles. The van der Waals surface area contributed by atoms with E-state index >= 15 is 0 Å². The number of aromatic amines is 1. The monoisotopic (exact) mass is 298 g/mol. The number of nitrogens with zero attached hydrogens (tertiary/aromatic N) is 2. The Kier molecular flexibility index (Phi) is 4.18. The number of aromatic nitrogens is 2. The van der Waals surface area contributed by atoms with Crippen LogP contribution in [0.3, 0.4) is 0 Å². The standard InChI is InChI=1S/C16H18N4O2/c21-15-9-14(10-17-19-15)20-8-4-5-12(11-20)16(22)18-13-6-2-1-3-7-13/h1-3,6-7,9-10,12H,4-5,8,11H2,(H,18,22)(H,19,21). The van der Waals surface area contributed by atoms with E-state index in [4.69, 9.17) is 0 Å². The molecule has 2 N–H and O–H groups in total. The Morgan fingerprint density at radius 2 is 2.14 bits per heavy atom. The third-order valence-electron chi connectivity index (χ3n) is 3.85. The predicted octanol–water partition coefficient (Wildman–Crippen LogP) is 1.62. The highest BCUT2D eigenvalue weighted by Gasteiger charge is 2.26. The second-order valence-corrected chi connectivity index (χ2v) is 5.44. The van der Waals surface area contributed by atoms with Gasteiger partial charge in [0.2, 0.25) is 5.91 Å². The molecule has 1 amide bonds. The minimum Gasteiger partial charge on any atom is -0.369 e. The summed E-state index contributed by atoms with van der Waals surface area (Å²) in [5.74, 6) is -0.0676. The first-order valence-electron chi connectivity index (χ1n) is 7.38. The van der Waals surface area contributed by atoms with Crippen LogP contribution in [-0.4, -0.2) is 29.2 Å². The number of anilines is 2. The van der Waals surface area contributed by atoms with E-state index in [1.54, 1.807) is 6.20 Å². The number of benzene rings is 1. The van der Waals surface area contributed by atoms with Gasteiger partial charge < -0.3 is 10.2 Å². The predicted molar refractivity (Wildman–Crippen MR) is 84.9 cm³/mol. The van der Waals surface area contributed by atoms with Gasteiger partial charge in [-0.1, -0.05) is 18.2 Å². The SMILES string of the molecule is O=C(Nc1ccccc1)C1CCCN(c2cn[nH]c(=O)c2)C1. The summed E-state index contributed by atoms with van der Waals surface area (Å²) in [6.07, 6.45) is 3.39. The first kappa shape index (κ1) is 14.3. The van der Waals surface area contributed by atoms with Crippen LogP contribution in [-0.2, 0) is 4.79 Å². The highest BCUT2D eigenvalue weighted by Crippen LogP contribution is 2.22. The number of carbonyl (C=O) groups is 1. The number of carbonyl (C=O) groups excluding carboxylic acids is 1. The molecule has 2 aromatic rings. The van der Waals surface area contributed by atoms with E-state index in [1.165, 1.54) is 6.07 Å². The van der Waals surface area contributed by atoms with Crippen LogP contribution in [0.15, 0.2) is 47.4 Å². The summed E-state index contributed by atoms with van der Waals surface area (Å²) in [6, 6.07) is 11.0. The third kappa shape index (κ3) is 3.33. The first-order valence-corrected chi connectivity index (χ1v) is 7.38. The first-order chi connectivity index (χ1) is 10.7. The number of amides is 1. The molecule has 22 heavy (non-hydrogen) atoms. The van der Waals surface area contributed by atoms with E-state index in [0.29, 0.717) is 6.54 Å². The van der Waals surface area contributed by atoms with Crippen molar-refractivity contribution in [1.29, 1.82) is 0 Å². The van der Waals surface area contributed by atoms with Gasteiger partial charge in [-0.05, 0) is 25.0 Å². The molecule has 6 nitrogen and oxygen atoms in total. The fourth-order valence-electron chi connectivity index (χ4n) is 2.73. The van der Waals surface area contributed by atoms with Crippen molar-refractivity contribution < 1.29 is 4.79 Å². The maximum Gasteiger partial charge on any atom is 0.266 e. The summed E-state index contributed by atoms with van der Waals surface area (Å²) in [5, 5.41) is 9.13. The maximum atomic E-state index is 12.4. The Bertz CT molecular complexity index is 699. The van der Waals surface area contributed by atoms with Gasteiger partial charge in [0.05, 0.1) is 17.8 Å². The second-order valence-electron chi connectivity index (χ2n) is 5.44. The fraction of sp³-hybridized carbons (Fsp3) is 0.312. The van der Waals surface area contributed by atoms with Crippen molar-refractivity contribution in [3.8, 4) is 0 Å². The van der Waals surface area contributed by atoms with Gasteiger partial charge in [-0.3, -0.25) is 9.59 Å². The number of nitrogens with one attached hydrogen (secondary N) is 2. The Hall–Kier alpha value is -2.63. The molecule has 0 radical (unpaired) electrons. The van der Waals surface area contributed by atoms with Crippen molar-refractivity contribution in [1.82, 2.24) is 10.2 Å². The van der Waals surface area contributed by atoms with Crippen molar-refractivity contribution in [2.75, 3.05) is 23.3 Å². The van der Waals surface area contributed by atoms with E-state index in [2.05, 4.69) is 15.5 Å². The molecule has 1 fully saturated rings. The van der Waals surface area contributed by atoms with Crippen LogP contribution in [0, 0.1) is 5.92 Å². The number of piperidine rings is 1. The van der Waals surface area contributed by atoms with Gasteiger partial charge in [0.1, 0.15) is 0 Å². The van der Waals surface area contributed by atoms with Crippen molar-refractivity contribution in [3.63, 3.8) is 0 Å². The molecular weight excluding hydrogens is 280 g/mol. The molecule has 6 heteroatoms. The lowest BCUT2D eigenvalue weighted by Crippen LogP contribution is -2.41. The number of hydrogen-bond donors (Lipinski definition) is 2. The van der Waals surface area contributed by atoms with E-state index in [1.807, 2.05) is 35.2 Å². The molecule has 0 spiro atoms. The minimum atomic E-state index is -0.228. The van der Waals surface area contributed by atoms with Crippen LogP contribution in [0.5, 0.6) is 0 Å². The van der Waals surface area contributed by atoms with E-state index < -0.39 is 0 Å². The van der Waals surface area contributed by atoms with Gasteiger partial charge in [0.25, 0.3) is 5.56 Å². The van der Waals surface area contributed by atoms with Crippen LogP contribution in [0.1, 0.15) is 12.8 Å². The van der Waals surface area contributed by atoms with Crippen molar-refractivity contribution in [3.05, 3.63) is 52.9 Å². The van der Waals surface area contributed by atoms with Crippen LogP contribution >= 0.6 is 0 Å².